The summed E-state index contributed by atoms with van der Waals surface area (Å²) in [4.78, 5) is 17.1. The number of rotatable bonds is 5. The summed E-state index contributed by atoms with van der Waals surface area (Å²) in [6, 6.07) is 21.1. The Balaban J connectivity index is 1.24. The largest absolute Gasteiger partial charge is 0.464 e. The molecule has 3 aromatic rings. The van der Waals surface area contributed by atoms with Crippen LogP contribution in [0.2, 0.25) is 0 Å². The van der Waals surface area contributed by atoms with E-state index in [0.29, 0.717) is 24.9 Å². The van der Waals surface area contributed by atoms with Gasteiger partial charge >= 0.3 is 0 Å². The molecule has 1 fully saturated rings. The number of hydrogen-bond donors (Lipinski definition) is 0. The van der Waals surface area contributed by atoms with Crippen molar-refractivity contribution in [2.45, 2.75) is 37.8 Å². The number of benzene rings is 2. The molecule has 2 unspecified atom stereocenters. The third-order valence-electron chi connectivity index (χ3n) is 6.28. The van der Waals surface area contributed by atoms with E-state index >= 15 is 0 Å². The number of carbonyl (C=O) groups excluding carboxylic acids is 1. The Morgan fingerprint density at radius 1 is 1.03 bits per heavy atom. The standard InChI is InChI=1S/C26H28N2O2/c1-27(2)17-22-14-21-16-28(13-12-25(21)30-22)26(29)20-10-8-19(9-11-20)24-15-23(24)18-6-4-3-5-7-18/h3-11,14,23-24H,12-13,15-17H2,1-2H3. The van der Waals surface area contributed by atoms with Crippen molar-refractivity contribution in [2.24, 2.45) is 0 Å². The van der Waals surface area contributed by atoms with Crippen LogP contribution < -0.4 is 0 Å². The summed E-state index contributed by atoms with van der Waals surface area (Å²) in [5.41, 5.74) is 4.67. The molecule has 1 amide bonds. The maximum atomic E-state index is 13.1. The van der Waals surface area contributed by atoms with Gasteiger partial charge < -0.3 is 14.2 Å². The van der Waals surface area contributed by atoms with Gasteiger partial charge in [-0.05, 0) is 61.7 Å². The van der Waals surface area contributed by atoms with Crippen molar-refractivity contribution < 1.29 is 9.21 Å². The van der Waals surface area contributed by atoms with Gasteiger partial charge in [-0.3, -0.25) is 4.79 Å². The molecule has 5 rings (SSSR count). The van der Waals surface area contributed by atoms with Crippen molar-refractivity contribution in [3.8, 4) is 0 Å². The molecule has 2 heterocycles. The fraction of sp³-hybridized carbons (Fsp3) is 0.346. The normalized spacial score (nSPS) is 20.3. The second kappa shape index (κ2) is 7.77. The van der Waals surface area contributed by atoms with E-state index in [2.05, 4.69) is 53.4 Å². The van der Waals surface area contributed by atoms with Crippen LogP contribution in [0.25, 0.3) is 0 Å². The van der Waals surface area contributed by atoms with Gasteiger partial charge in [-0.15, -0.1) is 0 Å². The van der Waals surface area contributed by atoms with E-state index in [4.69, 9.17) is 4.42 Å². The first-order chi connectivity index (χ1) is 14.6. The first-order valence-electron chi connectivity index (χ1n) is 10.8. The highest BCUT2D eigenvalue weighted by Crippen LogP contribution is 2.54. The van der Waals surface area contributed by atoms with Crippen LogP contribution in [0.5, 0.6) is 0 Å². The van der Waals surface area contributed by atoms with Gasteiger partial charge in [-0.2, -0.15) is 0 Å². The molecule has 0 spiro atoms. The minimum atomic E-state index is 0.109. The van der Waals surface area contributed by atoms with Crippen molar-refractivity contribution in [3.05, 3.63) is 94.4 Å². The van der Waals surface area contributed by atoms with Gasteiger partial charge in [0.05, 0.1) is 6.54 Å². The lowest BCUT2D eigenvalue weighted by atomic mass is 10.0. The van der Waals surface area contributed by atoms with Gasteiger partial charge in [0.25, 0.3) is 5.91 Å². The zero-order valence-electron chi connectivity index (χ0n) is 17.7. The van der Waals surface area contributed by atoms with E-state index in [1.165, 1.54) is 17.5 Å². The lowest BCUT2D eigenvalue weighted by Gasteiger charge is -2.26. The summed E-state index contributed by atoms with van der Waals surface area (Å²) < 4.78 is 5.97. The van der Waals surface area contributed by atoms with Crippen LogP contribution in [0.3, 0.4) is 0 Å². The van der Waals surface area contributed by atoms with E-state index < -0.39 is 0 Å². The molecule has 0 bridgehead atoms. The van der Waals surface area contributed by atoms with Gasteiger partial charge in [0, 0.05) is 30.6 Å². The van der Waals surface area contributed by atoms with E-state index in [1.54, 1.807) is 0 Å². The second-order valence-electron chi connectivity index (χ2n) is 8.86. The van der Waals surface area contributed by atoms with Gasteiger partial charge in [-0.25, -0.2) is 0 Å². The van der Waals surface area contributed by atoms with Crippen molar-refractivity contribution in [3.63, 3.8) is 0 Å². The number of amides is 1. The van der Waals surface area contributed by atoms with Crippen LogP contribution >= 0.6 is 0 Å². The summed E-state index contributed by atoms with van der Waals surface area (Å²) in [6.45, 7) is 2.13. The summed E-state index contributed by atoms with van der Waals surface area (Å²) in [7, 11) is 4.06. The fourth-order valence-electron chi connectivity index (χ4n) is 4.65. The number of fused-ring (bicyclic) bond motifs is 1. The lowest BCUT2D eigenvalue weighted by molar-refractivity contribution is 0.0729. The molecule has 30 heavy (non-hydrogen) atoms. The highest BCUT2D eigenvalue weighted by atomic mass is 16.3. The highest BCUT2D eigenvalue weighted by molar-refractivity contribution is 5.94. The third kappa shape index (κ3) is 3.80. The average Bonchev–Trinajstić information content (AvgIpc) is 3.46. The summed E-state index contributed by atoms with van der Waals surface area (Å²) in [5.74, 6) is 3.31. The monoisotopic (exact) mass is 400 g/mol. The molecule has 2 atom stereocenters. The van der Waals surface area contributed by atoms with Gasteiger partial charge in [0.1, 0.15) is 11.5 Å². The van der Waals surface area contributed by atoms with Crippen LogP contribution in [-0.4, -0.2) is 36.3 Å². The van der Waals surface area contributed by atoms with Gasteiger partial charge in [0.2, 0.25) is 0 Å². The first-order valence-corrected chi connectivity index (χ1v) is 10.8. The Kier molecular flexibility index (Phi) is 4.95. The molecular weight excluding hydrogens is 372 g/mol. The average molecular weight is 401 g/mol. The Bertz CT molecular complexity index is 1040. The van der Waals surface area contributed by atoms with Crippen molar-refractivity contribution in [1.29, 1.82) is 0 Å². The van der Waals surface area contributed by atoms with Crippen LogP contribution in [0.4, 0.5) is 0 Å². The Labute approximate surface area is 178 Å². The summed E-state index contributed by atoms with van der Waals surface area (Å²) >= 11 is 0. The molecule has 0 saturated heterocycles. The Morgan fingerprint density at radius 3 is 2.43 bits per heavy atom. The van der Waals surface area contributed by atoms with Crippen LogP contribution in [-0.2, 0) is 19.5 Å². The molecule has 1 aliphatic heterocycles. The number of carbonyl (C=O) groups is 1. The summed E-state index contributed by atoms with van der Waals surface area (Å²) in [6.07, 6.45) is 1.98. The quantitative estimate of drug-likeness (QED) is 0.617. The smallest absolute Gasteiger partial charge is 0.254 e. The highest BCUT2D eigenvalue weighted by Gasteiger charge is 2.39. The maximum absolute atomic E-state index is 13.1. The van der Waals surface area contributed by atoms with E-state index in [-0.39, 0.29) is 5.91 Å². The van der Waals surface area contributed by atoms with E-state index in [9.17, 15) is 4.79 Å². The van der Waals surface area contributed by atoms with Crippen LogP contribution in [0, 0.1) is 0 Å². The Hall–Kier alpha value is -2.85. The van der Waals surface area contributed by atoms with Crippen LogP contribution in [0.1, 0.15) is 56.8 Å². The van der Waals surface area contributed by atoms with E-state index in [0.717, 1.165) is 35.6 Å². The zero-order chi connectivity index (χ0) is 20.7. The molecule has 154 valence electrons. The first kappa shape index (κ1) is 19.1. The van der Waals surface area contributed by atoms with E-state index in [1.807, 2.05) is 31.1 Å². The van der Waals surface area contributed by atoms with Crippen molar-refractivity contribution in [1.82, 2.24) is 9.80 Å². The minimum absolute atomic E-state index is 0.109. The maximum Gasteiger partial charge on any atom is 0.254 e. The van der Waals surface area contributed by atoms with Gasteiger partial charge in [-0.1, -0.05) is 42.5 Å². The Morgan fingerprint density at radius 2 is 1.73 bits per heavy atom. The number of hydrogen-bond acceptors (Lipinski definition) is 3. The molecule has 2 aliphatic rings. The SMILES string of the molecule is CN(C)Cc1cc2c(o1)CCN(C(=O)c1ccc(C3CC3c3ccccc3)cc1)C2. The van der Waals surface area contributed by atoms with Gasteiger partial charge in [0.15, 0.2) is 0 Å². The van der Waals surface area contributed by atoms with Crippen molar-refractivity contribution >= 4 is 5.91 Å². The molecule has 4 heteroatoms. The fourth-order valence-corrected chi connectivity index (χ4v) is 4.65. The lowest BCUT2D eigenvalue weighted by Crippen LogP contribution is -2.35. The molecule has 1 saturated carbocycles. The molecule has 0 N–H and O–H groups in total. The predicted octanol–water partition coefficient (Wildman–Crippen LogP) is 4.81. The second-order valence-corrected chi connectivity index (χ2v) is 8.86. The number of furan rings is 1. The molecule has 2 aromatic carbocycles. The third-order valence-corrected chi connectivity index (χ3v) is 6.28. The van der Waals surface area contributed by atoms with Crippen molar-refractivity contribution in [2.75, 3.05) is 20.6 Å². The molecular formula is C26H28N2O2. The topological polar surface area (TPSA) is 36.7 Å². The minimum Gasteiger partial charge on any atom is -0.464 e. The zero-order valence-corrected chi connectivity index (χ0v) is 17.7. The molecule has 1 aliphatic carbocycles. The molecule has 4 nitrogen and oxygen atoms in total. The van der Waals surface area contributed by atoms with Crippen LogP contribution in [0.15, 0.2) is 65.1 Å². The number of nitrogens with zero attached hydrogens (tertiary/aromatic N) is 2. The summed E-state index contributed by atoms with van der Waals surface area (Å²) in [5, 5.41) is 0. The predicted molar refractivity (Wildman–Crippen MR) is 118 cm³/mol. The molecule has 1 aromatic heterocycles. The molecule has 0 radical (unpaired) electrons.